The summed E-state index contributed by atoms with van der Waals surface area (Å²) in [5, 5.41) is 4.44. The number of Topliss-reactive ketones (excluding diaryl/α,β-unsaturated/α-hetero) is 1. The third-order valence-corrected chi connectivity index (χ3v) is 11.5. The molecule has 3 N–H and O–H groups in total. The molecule has 0 bridgehead atoms. The lowest BCUT2D eigenvalue weighted by molar-refractivity contribution is -0.142. The number of hydrogen-bond acceptors (Lipinski definition) is 10. The zero-order chi connectivity index (χ0) is 38.3. The Hall–Kier alpha value is -4.54. The Kier molecular flexibility index (Phi) is 10.8. The molecule has 52 heavy (non-hydrogen) atoms. The summed E-state index contributed by atoms with van der Waals surface area (Å²) in [5.41, 5.74) is -1.45. The first-order chi connectivity index (χ1) is 24.2. The molecule has 17 heteroatoms. The topological polar surface area (TPSA) is 198 Å². The molecule has 0 aromatic heterocycles. The third kappa shape index (κ3) is 8.56. The summed E-state index contributed by atoms with van der Waals surface area (Å²) in [7, 11) is -3.94. The number of benzene rings is 1. The summed E-state index contributed by atoms with van der Waals surface area (Å²) in [6.07, 6.45) is -2.21. The van der Waals surface area contributed by atoms with E-state index in [0.29, 0.717) is 30.4 Å². The molecule has 1 aromatic rings. The summed E-state index contributed by atoms with van der Waals surface area (Å²) < 4.78 is 52.9. The molecule has 0 radical (unpaired) electrons. The monoisotopic (exact) mass is 747 g/mol. The highest BCUT2D eigenvalue weighted by molar-refractivity contribution is 7.91. The fourth-order valence-electron chi connectivity index (χ4n) is 6.61. The lowest BCUT2D eigenvalue weighted by atomic mass is 10.0. The van der Waals surface area contributed by atoms with Crippen LogP contribution in [0.2, 0.25) is 0 Å². The molecular weight excluding hydrogens is 701 g/mol. The van der Waals surface area contributed by atoms with Gasteiger partial charge in [-0.05, 0) is 70.1 Å². The lowest BCUT2D eigenvalue weighted by Crippen LogP contribution is -2.58. The second kappa shape index (κ2) is 14.5. The molecule has 3 fully saturated rings. The van der Waals surface area contributed by atoms with E-state index in [1.807, 2.05) is 0 Å². The van der Waals surface area contributed by atoms with E-state index in [1.54, 1.807) is 33.8 Å². The Labute approximate surface area is 302 Å². The van der Waals surface area contributed by atoms with Crippen molar-refractivity contribution in [1.82, 2.24) is 25.2 Å². The number of allylic oxidation sites excluding steroid dienone is 1. The van der Waals surface area contributed by atoms with E-state index in [9.17, 15) is 41.6 Å². The minimum absolute atomic E-state index is 0.0508. The molecule has 1 aromatic carbocycles. The van der Waals surface area contributed by atoms with Gasteiger partial charge in [0.25, 0.3) is 5.91 Å². The Morgan fingerprint density at radius 1 is 1.12 bits per heavy atom. The van der Waals surface area contributed by atoms with Crippen molar-refractivity contribution in [3.05, 3.63) is 47.3 Å². The first-order valence-corrected chi connectivity index (χ1v) is 18.9. The number of likely N-dealkylation sites (tertiary alicyclic amines) is 1. The Bertz CT molecular complexity index is 1790. The van der Waals surface area contributed by atoms with Crippen molar-refractivity contribution in [2.24, 2.45) is 5.92 Å². The first-order valence-electron chi connectivity index (χ1n) is 17.3. The fourth-order valence-corrected chi connectivity index (χ4v) is 7.97. The number of carbonyl (C=O) groups is 6. The maximum atomic E-state index is 14.4. The highest BCUT2D eigenvalue weighted by Gasteiger charge is 2.62. The highest BCUT2D eigenvalue weighted by Crippen LogP contribution is 2.47. The van der Waals surface area contributed by atoms with Crippen molar-refractivity contribution >= 4 is 45.7 Å². The maximum absolute atomic E-state index is 14.4. The molecule has 5 amide bonds. The molecular formula is C35H46FN5O10S. The van der Waals surface area contributed by atoms with Gasteiger partial charge in [0, 0.05) is 24.9 Å². The molecule has 15 nitrogen and oxygen atoms in total. The van der Waals surface area contributed by atoms with Crippen LogP contribution in [0.25, 0.3) is 0 Å². The second-order valence-corrected chi connectivity index (χ2v) is 17.0. The van der Waals surface area contributed by atoms with Gasteiger partial charge in [-0.25, -0.2) is 22.4 Å². The summed E-state index contributed by atoms with van der Waals surface area (Å²) in [5.74, 6) is -3.97. The smallest absolute Gasteiger partial charge is 0.410 e. The number of amides is 5. The van der Waals surface area contributed by atoms with Crippen LogP contribution in [0.15, 0.2) is 30.4 Å². The molecule has 2 aliphatic carbocycles. The molecule has 4 aliphatic rings. The summed E-state index contributed by atoms with van der Waals surface area (Å²) >= 11 is 0. The van der Waals surface area contributed by atoms with Crippen LogP contribution in [0.3, 0.4) is 0 Å². The molecule has 2 aliphatic heterocycles. The van der Waals surface area contributed by atoms with E-state index in [2.05, 4.69) is 21.9 Å². The number of carbonyl (C=O) groups excluding carboxylic acids is 6. The molecule has 284 valence electrons. The summed E-state index contributed by atoms with van der Waals surface area (Å²) in [6.45, 7) is 11.4. The van der Waals surface area contributed by atoms with Crippen molar-refractivity contribution in [2.45, 2.75) is 121 Å². The Morgan fingerprint density at radius 2 is 1.81 bits per heavy atom. The van der Waals surface area contributed by atoms with Crippen LogP contribution < -0.4 is 15.4 Å². The first kappa shape index (κ1) is 38.7. The van der Waals surface area contributed by atoms with E-state index in [4.69, 9.17) is 9.47 Å². The van der Waals surface area contributed by atoms with Crippen LogP contribution in [0.1, 0.15) is 84.3 Å². The molecule has 2 heterocycles. The van der Waals surface area contributed by atoms with Crippen LogP contribution in [0.5, 0.6) is 0 Å². The highest BCUT2D eigenvalue weighted by atomic mass is 32.2. The van der Waals surface area contributed by atoms with Gasteiger partial charge in [-0.15, -0.1) is 0 Å². The van der Waals surface area contributed by atoms with Crippen LogP contribution >= 0.6 is 0 Å². The van der Waals surface area contributed by atoms with Gasteiger partial charge in [-0.3, -0.25) is 28.8 Å². The van der Waals surface area contributed by atoms with Gasteiger partial charge in [0.05, 0.1) is 18.3 Å². The number of nitrogens with zero attached hydrogens (tertiary/aromatic N) is 2. The van der Waals surface area contributed by atoms with Crippen LogP contribution in [0.4, 0.5) is 14.0 Å². The number of alkyl carbamates (subject to hydrolysis) is 1. The number of fused-ring (bicyclic) bond motifs is 1. The lowest BCUT2D eigenvalue weighted by Gasteiger charge is -2.30. The van der Waals surface area contributed by atoms with E-state index in [1.165, 1.54) is 24.0 Å². The summed E-state index contributed by atoms with van der Waals surface area (Å²) in [6, 6.07) is 1.61. The molecule has 5 atom stereocenters. The summed E-state index contributed by atoms with van der Waals surface area (Å²) in [4.78, 5) is 83.0. The van der Waals surface area contributed by atoms with Gasteiger partial charge in [0.2, 0.25) is 21.8 Å². The van der Waals surface area contributed by atoms with Crippen molar-refractivity contribution < 1.29 is 51.0 Å². The van der Waals surface area contributed by atoms with Crippen molar-refractivity contribution in [1.29, 1.82) is 0 Å². The SMILES string of the molecule is C=C(C)C(=O)C[C@H](NC(=O)OC(C)(C)C)C(=O)N1C[C@H](OC(=O)N2Cc3cccc(F)c3C2)C[C@H]1C(=O)NC1(C(=O)NS(=O)(=O)C2CC2)CC1CC. The average molecular weight is 748 g/mol. The Morgan fingerprint density at radius 3 is 2.38 bits per heavy atom. The molecule has 5 rings (SSSR count). The minimum Gasteiger partial charge on any atom is -0.444 e. The molecule has 1 saturated heterocycles. The van der Waals surface area contributed by atoms with Crippen molar-refractivity contribution in [3.8, 4) is 0 Å². The predicted octanol–water partition coefficient (Wildman–Crippen LogP) is 2.57. The minimum atomic E-state index is -3.94. The fraction of sp³-hybridized carbons (Fsp3) is 0.600. The largest absolute Gasteiger partial charge is 0.444 e. The van der Waals surface area contributed by atoms with Crippen molar-refractivity contribution in [3.63, 3.8) is 0 Å². The zero-order valence-corrected chi connectivity index (χ0v) is 30.8. The normalized spacial score (nSPS) is 24.3. The molecule has 2 saturated carbocycles. The average Bonchev–Trinajstić information content (AvgIpc) is 3.94. The van der Waals surface area contributed by atoms with Crippen LogP contribution in [-0.2, 0) is 51.8 Å². The number of hydrogen-bond donors (Lipinski definition) is 3. The standard InChI is InChI=1S/C35H46FN5O10S/c1-7-21-15-35(21,31(45)39-52(48,49)23-11-12-23)38-29(43)27-13-22(50-33(47)40-16-20-9-8-10-25(36)24(20)18-40)17-41(27)30(44)26(14-28(42)19(2)3)37-32(46)51-34(4,5)6/h8-10,21-23,26-27H,2,7,11-18H2,1,3-6H3,(H,37,46)(H,38,43)(H,39,45)/t21?,22-,26+,27+,35?/m1/s1. The number of halogens is 1. The number of rotatable bonds is 12. The second-order valence-electron chi connectivity index (χ2n) is 15.0. The van der Waals surface area contributed by atoms with Gasteiger partial charge in [0.15, 0.2) is 5.78 Å². The number of nitrogens with one attached hydrogen (secondary N) is 3. The predicted molar refractivity (Wildman–Crippen MR) is 183 cm³/mol. The van der Waals surface area contributed by atoms with Gasteiger partial charge in [-0.1, -0.05) is 32.1 Å². The quantitative estimate of drug-likeness (QED) is 0.267. The van der Waals surface area contributed by atoms with E-state index >= 15 is 0 Å². The Balaban J connectivity index is 1.39. The van der Waals surface area contributed by atoms with E-state index < -0.39 is 98.4 Å². The number of ketones is 1. The van der Waals surface area contributed by atoms with Gasteiger partial charge < -0.3 is 25.0 Å². The van der Waals surface area contributed by atoms with Crippen LogP contribution in [-0.4, -0.2) is 95.0 Å². The van der Waals surface area contributed by atoms with Crippen molar-refractivity contribution in [2.75, 3.05) is 6.54 Å². The molecule has 2 unspecified atom stereocenters. The van der Waals surface area contributed by atoms with Gasteiger partial charge in [0.1, 0.15) is 35.1 Å². The van der Waals surface area contributed by atoms with E-state index in [-0.39, 0.29) is 38.0 Å². The molecule has 0 spiro atoms. The van der Waals surface area contributed by atoms with Crippen LogP contribution in [0, 0.1) is 11.7 Å². The maximum Gasteiger partial charge on any atom is 0.410 e. The number of sulfonamides is 1. The number of ether oxygens (including phenoxy) is 2. The zero-order valence-electron chi connectivity index (χ0n) is 30.0. The van der Waals surface area contributed by atoms with E-state index in [0.717, 1.165) is 4.90 Å². The van der Waals surface area contributed by atoms with Gasteiger partial charge in [-0.2, -0.15) is 0 Å². The van der Waals surface area contributed by atoms with Gasteiger partial charge >= 0.3 is 12.2 Å². The third-order valence-electron chi connectivity index (χ3n) is 9.70.